The van der Waals surface area contributed by atoms with E-state index in [1.807, 2.05) is 5.32 Å². The van der Waals surface area contributed by atoms with Crippen molar-refractivity contribution in [2.24, 2.45) is 0 Å². The van der Waals surface area contributed by atoms with Crippen LogP contribution in [0.2, 0.25) is 0 Å². The van der Waals surface area contributed by atoms with Crippen LogP contribution in [0.5, 0.6) is 0 Å². The molecule has 0 aromatic heterocycles. The number of carbonyl (C=O) groups is 1. The van der Waals surface area contributed by atoms with E-state index in [9.17, 15) is 31.1 Å². The van der Waals surface area contributed by atoms with E-state index < -0.39 is 42.4 Å². The minimum absolute atomic E-state index is 0.108. The number of rotatable bonds is 3. The van der Waals surface area contributed by atoms with Crippen LogP contribution < -0.4 is 5.32 Å². The SMILES string of the molecule is O=C(NCCC(F)(F)F)c1ccc(Br)cc1C(F)(F)F. The molecule has 0 fully saturated rings. The lowest BCUT2D eigenvalue weighted by Gasteiger charge is -2.13. The van der Waals surface area contributed by atoms with Crippen molar-refractivity contribution in [2.45, 2.75) is 18.8 Å². The molecule has 20 heavy (non-hydrogen) atoms. The fourth-order valence-electron chi connectivity index (χ4n) is 1.36. The minimum atomic E-state index is -4.78. The molecule has 1 aromatic carbocycles. The average Bonchev–Trinajstić information content (AvgIpc) is 2.25. The quantitative estimate of drug-likeness (QED) is 0.803. The molecular weight excluding hydrogens is 356 g/mol. The van der Waals surface area contributed by atoms with Gasteiger partial charge in [-0.2, -0.15) is 26.3 Å². The molecule has 2 nitrogen and oxygen atoms in total. The van der Waals surface area contributed by atoms with Gasteiger partial charge in [0, 0.05) is 11.0 Å². The number of hydrogen-bond acceptors (Lipinski definition) is 1. The molecule has 1 aromatic rings. The fraction of sp³-hybridized carbons (Fsp3) is 0.364. The Morgan fingerprint density at radius 3 is 2.25 bits per heavy atom. The predicted octanol–water partition coefficient (Wildman–Crippen LogP) is 4.15. The lowest BCUT2D eigenvalue weighted by Crippen LogP contribution is -2.29. The highest BCUT2D eigenvalue weighted by atomic mass is 79.9. The maximum absolute atomic E-state index is 12.7. The van der Waals surface area contributed by atoms with Gasteiger partial charge in [0.05, 0.1) is 17.5 Å². The lowest BCUT2D eigenvalue weighted by molar-refractivity contribution is -0.138. The average molecular weight is 364 g/mol. The number of benzene rings is 1. The summed E-state index contributed by atoms with van der Waals surface area (Å²) in [6, 6.07) is 2.79. The number of amides is 1. The number of halogens is 7. The van der Waals surface area contributed by atoms with Crippen LogP contribution in [0.3, 0.4) is 0 Å². The third-order valence-corrected chi connectivity index (χ3v) is 2.72. The third-order valence-electron chi connectivity index (χ3n) is 2.23. The van der Waals surface area contributed by atoms with Gasteiger partial charge in [0.1, 0.15) is 0 Å². The van der Waals surface area contributed by atoms with Gasteiger partial charge in [-0.3, -0.25) is 4.79 Å². The Bertz CT molecular complexity index is 497. The van der Waals surface area contributed by atoms with Gasteiger partial charge in [-0.25, -0.2) is 0 Å². The van der Waals surface area contributed by atoms with E-state index in [1.165, 1.54) is 6.07 Å². The summed E-state index contributed by atoms with van der Waals surface area (Å²) in [6.45, 7) is -0.782. The Labute approximate surface area is 118 Å². The number of alkyl halides is 6. The van der Waals surface area contributed by atoms with Gasteiger partial charge in [0.15, 0.2) is 0 Å². The Morgan fingerprint density at radius 1 is 1.15 bits per heavy atom. The van der Waals surface area contributed by atoms with Crippen LogP contribution in [-0.4, -0.2) is 18.6 Å². The van der Waals surface area contributed by atoms with Crippen molar-refractivity contribution >= 4 is 21.8 Å². The zero-order valence-electron chi connectivity index (χ0n) is 9.70. The molecule has 0 bridgehead atoms. The molecule has 0 saturated carbocycles. The Hall–Kier alpha value is -1.25. The van der Waals surface area contributed by atoms with Gasteiger partial charge in [-0.15, -0.1) is 0 Å². The summed E-state index contributed by atoms with van der Waals surface area (Å²) in [6.07, 6.45) is -10.6. The summed E-state index contributed by atoms with van der Waals surface area (Å²) in [5.41, 5.74) is -1.93. The summed E-state index contributed by atoms with van der Waals surface area (Å²) >= 11 is 2.84. The summed E-state index contributed by atoms with van der Waals surface area (Å²) in [5.74, 6) is -1.20. The van der Waals surface area contributed by atoms with Crippen LogP contribution in [0.4, 0.5) is 26.3 Å². The fourth-order valence-corrected chi connectivity index (χ4v) is 1.72. The van der Waals surface area contributed by atoms with Gasteiger partial charge in [-0.05, 0) is 18.2 Å². The molecule has 112 valence electrons. The van der Waals surface area contributed by atoms with E-state index in [0.29, 0.717) is 6.07 Å². The summed E-state index contributed by atoms with van der Waals surface area (Å²) in [4.78, 5) is 11.5. The molecule has 0 atom stereocenters. The van der Waals surface area contributed by atoms with Crippen LogP contribution in [-0.2, 0) is 6.18 Å². The molecule has 0 spiro atoms. The van der Waals surface area contributed by atoms with Gasteiger partial charge in [0.2, 0.25) is 0 Å². The first-order chi connectivity index (χ1) is 9.00. The van der Waals surface area contributed by atoms with Gasteiger partial charge < -0.3 is 5.32 Å². The largest absolute Gasteiger partial charge is 0.417 e. The van der Waals surface area contributed by atoms with Crippen LogP contribution in [0.1, 0.15) is 22.3 Å². The zero-order chi connectivity index (χ0) is 15.6. The maximum atomic E-state index is 12.7. The second-order valence-electron chi connectivity index (χ2n) is 3.81. The van der Waals surface area contributed by atoms with Crippen molar-refractivity contribution < 1.29 is 31.1 Å². The monoisotopic (exact) mass is 363 g/mol. The van der Waals surface area contributed by atoms with Crippen LogP contribution in [0.25, 0.3) is 0 Å². The first kappa shape index (κ1) is 16.8. The summed E-state index contributed by atoms with van der Waals surface area (Å²) < 4.78 is 73.9. The van der Waals surface area contributed by atoms with Crippen molar-refractivity contribution in [1.82, 2.24) is 5.32 Å². The molecule has 0 unspecified atom stereocenters. The second-order valence-corrected chi connectivity index (χ2v) is 4.72. The molecule has 0 saturated heterocycles. The molecule has 0 heterocycles. The molecule has 0 radical (unpaired) electrons. The molecule has 1 rings (SSSR count). The summed E-state index contributed by atoms with van der Waals surface area (Å²) in [5, 5.41) is 1.81. The van der Waals surface area contributed by atoms with Crippen molar-refractivity contribution in [3.05, 3.63) is 33.8 Å². The molecule has 1 N–H and O–H groups in total. The molecular formula is C11H8BrF6NO. The highest BCUT2D eigenvalue weighted by Crippen LogP contribution is 2.33. The smallest absolute Gasteiger partial charge is 0.352 e. The normalized spacial score (nSPS) is 12.3. The maximum Gasteiger partial charge on any atom is 0.417 e. The van der Waals surface area contributed by atoms with Gasteiger partial charge in [-0.1, -0.05) is 15.9 Å². The van der Waals surface area contributed by atoms with Crippen LogP contribution in [0, 0.1) is 0 Å². The first-order valence-electron chi connectivity index (χ1n) is 5.22. The van der Waals surface area contributed by atoms with E-state index in [-0.39, 0.29) is 4.47 Å². The van der Waals surface area contributed by atoms with Crippen molar-refractivity contribution in [3.63, 3.8) is 0 Å². The van der Waals surface area contributed by atoms with Crippen molar-refractivity contribution in [2.75, 3.05) is 6.54 Å². The highest BCUT2D eigenvalue weighted by Gasteiger charge is 2.35. The molecule has 9 heteroatoms. The zero-order valence-corrected chi connectivity index (χ0v) is 11.3. The second kappa shape index (κ2) is 6.02. The Balaban J connectivity index is 2.88. The molecule has 0 aliphatic carbocycles. The highest BCUT2D eigenvalue weighted by molar-refractivity contribution is 9.10. The Morgan fingerprint density at radius 2 is 1.75 bits per heavy atom. The first-order valence-corrected chi connectivity index (χ1v) is 6.02. The molecule has 0 aliphatic heterocycles. The summed E-state index contributed by atoms with van der Waals surface area (Å²) in [7, 11) is 0. The van der Waals surface area contributed by atoms with E-state index >= 15 is 0 Å². The van der Waals surface area contributed by atoms with Crippen LogP contribution in [0.15, 0.2) is 22.7 Å². The minimum Gasteiger partial charge on any atom is -0.352 e. The van der Waals surface area contributed by atoms with E-state index in [4.69, 9.17) is 0 Å². The van der Waals surface area contributed by atoms with E-state index in [2.05, 4.69) is 15.9 Å². The number of hydrogen-bond donors (Lipinski definition) is 1. The standard InChI is InChI=1S/C11H8BrF6NO/c12-6-1-2-7(8(5-6)11(16,17)18)9(20)19-4-3-10(13,14)15/h1-2,5H,3-4H2,(H,19,20). The Kier molecular flexibility index (Phi) is 5.06. The lowest BCUT2D eigenvalue weighted by atomic mass is 10.1. The van der Waals surface area contributed by atoms with Crippen LogP contribution >= 0.6 is 15.9 Å². The van der Waals surface area contributed by atoms with Crippen molar-refractivity contribution in [1.29, 1.82) is 0 Å². The van der Waals surface area contributed by atoms with Crippen molar-refractivity contribution in [3.8, 4) is 0 Å². The molecule has 0 aliphatic rings. The van der Waals surface area contributed by atoms with E-state index in [0.717, 1.165) is 6.07 Å². The third kappa shape index (κ3) is 5.03. The predicted molar refractivity (Wildman–Crippen MR) is 62.1 cm³/mol. The number of nitrogens with one attached hydrogen (secondary N) is 1. The topological polar surface area (TPSA) is 29.1 Å². The van der Waals surface area contributed by atoms with Gasteiger partial charge >= 0.3 is 12.4 Å². The van der Waals surface area contributed by atoms with E-state index in [1.54, 1.807) is 0 Å². The molecule has 1 amide bonds. The van der Waals surface area contributed by atoms with Gasteiger partial charge in [0.25, 0.3) is 5.91 Å². The number of carbonyl (C=O) groups excluding carboxylic acids is 1.